The maximum Gasteiger partial charge on any atom is 0.127 e. The summed E-state index contributed by atoms with van der Waals surface area (Å²) in [6, 6.07) is 18.4. The van der Waals surface area contributed by atoms with Crippen molar-refractivity contribution in [3.8, 4) is 11.5 Å². The summed E-state index contributed by atoms with van der Waals surface area (Å²) in [5.41, 5.74) is 1.66. The van der Waals surface area contributed by atoms with Gasteiger partial charge in [-0.15, -0.1) is 0 Å². The number of carbonyl (C=O) groups is 1. The smallest absolute Gasteiger partial charge is 0.127 e. The number of aldehydes is 1. The van der Waals surface area contributed by atoms with Gasteiger partial charge in [-0.2, -0.15) is 0 Å². The Kier molecular flexibility index (Phi) is 4.82. The van der Waals surface area contributed by atoms with Crippen molar-refractivity contribution in [3.63, 3.8) is 0 Å². The fourth-order valence-electron chi connectivity index (χ4n) is 4.80. The lowest BCUT2D eigenvalue weighted by atomic mass is 9.72. The van der Waals surface area contributed by atoms with Gasteiger partial charge in [0.1, 0.15) is 17.8 Å². The van der Waals surface area contributed by atoms with E-state index < -0.39 is 0 Å². The summed E-state index contributed by atoms with van der Waals surface area (Å²) in [6.07, 6.45) is 7.27. The van der Waals surface area contributed by atoms with Gasteiger partial charge in [0, 0.05) is 11.8 Å². The first kappa shape index (κ1) is 17.3. The molecular weight excluding hydrogens is 324 g/mol. The van der Waals surface area contributed by atoms with Gasteiger partial charge in [0.05, 0.1) is 13.2 Å². The second-order valence-electron chi connectivity index (χ2n) is 7.95. The third-order valence-electron chi connectivity index (χ3n) is 6.09. The minimum Gasteiger partial charge on any atom is -0.457 e. The number of rotatable bonds is 7. The number of para-hydroxylation sites is 1. The second-order valence-corrected chi connectivity index (χ2v) is 7.95. The second kappa shape index (κ2) is 7.24. The molecule has 1 aliphatic heterocycles. The zero-order valence-corrected chi connectivity index (χ0v) is 15.2. The number of unbranched alkanes of at least 4 members (excludes halogenated alkanes) is 1. The van der Waals surface area contributed by atoms with E-state index in [1.54, 1.807) is 0 Å². The molecule has 0 amide bonds. The first-order chi connectivity index (χ1) is 12.7. The Morgan fingerprint density at radius 3 is 2.69 bits per heavy atom. The van der Waals surface area contributed by atoms with Crippen molar-refractivity contribution in [2.45, 2.75) is 43.9 Å². The number of hydrogen-bond acceptors (Lipinski definition) is 3. The van der Waals surface area contributed by atoms with Gasteiger partial charge in [-0.05, 0) is 67.3 Å². The highest BCUT2D eigenvalue weighted by atomic mass is 16.5. The van der Waals surface area contributed by atoms with Crippen LogP contribution in [0.5, 0.6) is 11.5 Å². The minimum atomic E-state index is 0.0927. The molecule has 136 valence electrons. The fraction of sp³-hybridized carbons (Fsp3) is 0.435. The SMILES string of the molecule is O=CCCCC12CCC(c3cccc(Oc4ccccc4)c3)(COC1)C2. The largest absolute Gasteiger partial charge is 0.457 e. The van der Waals surface area contributed by atoms with Crippen LogP contribution in [0.15, 0.2) is 54.6 Å². The number of carbonyl (C=O) groups excluding carboxylic acids is 1. The van der Waals surface area contributed by atoms with E-state index >= 15 is 0 Å². The van der Waals surface area contributed by atoms with E-state index in [0.29, 0.717) is 6.42 Å². The minimum absolute atomic E-state index is 0.0927. The van der Waals surface area contributed by atoms with Crippen LogP contribution < -0.4 is 4.74 Å². The fourth-order valence-corrected chi connectivity index (χ4v) is 4.80. The number of hydrogen-bond donors (Lipinski definition) is 0. The average molecular weight is 350 g/mol. The molecular formula is C23H26O3. The van der Waals surface area contributed by atoms with Gasteiger partial charge < -0.3 is 14.3 Å². The molecule has 26 heavy (non-hydrogen) atoms. The summed E-state index contributed by atoms with van der Waals surface area (Å²) >= 11 is 0. The number of ether oxygens (including phenoxy) is 2. The summed E-state index contributed by atoms with van der Waals surface area (Å²) in [5.74, 6) is 1.74. The highest BCUT2D eigenvalue weighted by Gasteiger charge is 2.52. The zero-order chi connectivity index (χ0) is 17.9. The van der Waals surface area contributed by atoms with Crippen molar-refractivity contribution in [3.05, 3.63) is 60.2 Å². The van der Waals surface area contributed by atoms with E-state index in [1.807, 2.05) is 36.4 Å². The van der Waals surface area contributed by atoms with Crippen molar-refractivity contribution in [2.24, 2.45) is 5.41 Å². The number of benzene rings is 2. The topological polar surface area (TPSA) is 35.5 Å². The van der Waals surface area contributed by atoms with Crippen molar-refractivity contribution in [1.29, 1.82) is 0 Å². The first-order valence-corrected chi connectivity index (χ1v) is 9.59. The summed E-state index contributed by atoms with van der Waals surface area (Å²) < 4.78 is 12.1. The van der Waals surface area contributed by atoms with Gasteiger partial charge in [-0.25, -0.2) is 0 Å². The van der Waals surface area contributed by atoms with E-state index in [1.165, 1.54) is 12.0 Å². The average Bonchev–Trinajstić information content (AvgIpc) is 2.95. The van der Waals surface area contributed by atoms with Gasteiger partial charge in [0.25, 0.3) is 0 Å². The third kappa shape index (κ3) is 3.41. The summed E-state index contributed by atoms with van der Waals surface area (Å²) in [6.45, 7) is 1.63. The molecule has 2 fully saturated rings. The lowest BCUT2D eigenvalue weighted by Gasteiger charge is -2.40. The van der Waals surface area contributed by atoms with E-state index in [0.717, 1.165) is 56.7 Å². The molecule has 0 spiro atoms. The van der Waals surface area contributed by atoms with E-state index in [9.17, 15) is 4.79 Å². The van der Waals surface area contributed by atoms with E-state index in [2.05, 4.69) is 18.2 Å². The molecule has 2 atom stereocenters. The molecule has 1 saturated carbocycles. The Bertz CT molecular complexity index is 757. The van der Waals surface area contributed by atoms with Crippen LogP contribution in [0.4, 0.5) is 0 Å². The Morgan fingerprint density at radius 2 is 1.85 bits per heavy atom. The van der Waals surface area contributed by atoms with Crippen LogP contribution >= 0.6 is 0 Å². The Labute approximate surface area is 155 Å². The molecule has 2 aromatic carbocycles. The first-order valence-electron chi connectivity index (χ1n) is 9.59. The monoisotopic (exact) mass is 350 g/mol. The van der Waals surface area contributed by atoms with Crippen molar-refractivity contribution < 1.29 is 14.3 Å². The number of fused-ring (bicyclic) bond motifs is 2. The van der Waals surface area contributed by atoms with Crippen LogP contribution in [0.3, 0.4) is 0 Å². The van der Waals surface area contributed by atoms with Gasteiger partial charge in [-0.3, -0.25) is 0 Å². The van der Waals surface area contributed by atoms with Gasteiger partial charge >= 0.3 is 0 Å². The quantitative estimate of drug-likeness (QED) is 0.503. The van der Waals surface area contributed by atoms with Crippen LogP contribution in [0.2, 0.25) is 0 Å². The van der Waals surface area contributed by atoms with Gasteiger partial charge in [0.2, 0.25) is 0 Å². The van der Waals surface area contributed by atoms with Gasteiger partial charge in [0.15, 0.2) is 0 Å². The molecule has 0 N–H and O–H groups in total. The molecule has 2 bridgehead atoms. The zero-order valence-electron chi connectivity index (χ0n) is 15.2. The normalized spacial score (nSPS) is 27.2. The van der Waals surface area contributed by atoms with Crippen LogP contribution in [-0.2, 0) is 14.9 Å². The predicted octanol–water partition coefficient (Wildman–Crippen LogP) is 5.29. The molecule has 2 aliphatic rings. The molecule has 1 saturated heterocycles. The Morgan fingerprint density at radius 1 is 1.00 bits per heavy atom. The molecule has 2 unspecified atom stereocenters. The Hall–Kier alpha value is -2.13. The molecule has 0 aromatic heterocycles. The molecule has 1 aliphatic carbocycles. The van der Waals surface area contributed by atoms with Crippen LogP contribution in [0.1, 0.15) is 44.1 Å². The molecule has 0 radical (unpaired) electrons. The Balaban J connectivity index is 1.53. The van der Waals surface area contributed by atoms with Gasteiger partial charge in [-0.1, -0.05) is 30.3 Å². The van der Waals surface area contributed by atoms with Crippen LogP contribution in [0.25, 0.3) is 0 Å². The van der Waals surface area contributed by atoms with Crippen molar-refractivity contribution in [1.82, 2.24) is 0 Å². The standard InChI is InChI=1S/C23H26O3/c24-14-5-4-11-22-12-13-23(16-22,18-25-17-22)19-7-6-10-21(15-19)26-20-8-2-1-3-9-20/h1-3,6-10,14-15H,4-5,11-13,16-18H2. The van der Waals surface area contributed by atoms with Crippen LogP contribution in [0, 0.1) is 5.41 Å². The molecule has 4 rings (SSSR count). The maximum absolute atomic E-state index is 10.7. The highest BCUT2D eigenvalue weighted by molar-refractivity contribution is 5.49. The lowest BCUT2D eigenvalue weighted by Crippen LogP contribution is -2.39. The highest BCUT2D eigenvalue weighted by Crippen LogP contribution is 2.56. The van der Waals surface area contributed by atoms with Crippen molar-refractivity contribution in [2.75, 3.05) is 13.2 Å². The van der Waals surface area contributed by atoms with Crippen molar-refractivity contribution >= 4 is 6.29 Å². The van der Waals surface area contributed by atoms with Crippen LogP contribution in [-0.4, -0.2) is 19.5 Å². The third-order valence-corrected chi connectivity index (χ3v) is 6.09. The van der Waals surface area contributed by atoms with E-state index in [4.69, 9.17) is 9.47 Å². The molecule has 2 aromatic rings. The lowest BCUT2D eigenvalue weighted by molar-refractivity contribution is -0.108. The summed E-state index contributed by atoms with van der Waals surface area (Å²) in [5, 5.41) is 0. The summed E-state index contributed by atoms with van der Waals surface area (Å²) in [4.78, 5) is 10.7. The summed E-state index contributed by atoms with van der Waals surface area (Å²) in [7, 11) is 0. The van der Waals surface area contributed by atoms with E-state index in [-0.39, 0.29) is 10.8 Å². The maximum atomic E-state index is 10.7. The molecule has 1 heterocycles. The molecule has 3 heteroatoms. The predicted molar refractivity (Wildman–Crippen MR) is 102 cm³/mol. The molecule has 3 nitrogen and oxygen atoms in total.